The van der Waals surface area contributed by atoms with Crippen LogP contribution in [0.3, 0.4) is 0 Å². The molecule has 0 unspecified atom stereocenters. The average molecular weight is 223 g/mol. The van der Waals surface area contributed by atoms with E-state index >= 15 is 0 Å². The van der Waals surface area contributed by atoms with Gasteiger partial charge in [0, 0.05) is 16.5 Å². The zero-order chi connectivity index (χ0) is 9.97. The molecule has 0 fully saturated rings. The van der Waals surface area contributed by atoms with Gasteiger partial charge in [-0.2, -0.15) is 0 Å². The SMILES string of the molecule is CSSc1ccc2[nH]c(=O)ccc2c1. The molecule has 0 bridgehead atoms. The number of nitrogens with one attached hydrogen (secondary N) is 1. The standard InChI is InChI=1S/C10H9NOS2/c1-13-14-8-3-4-9-7(6-8)2-5-10(12)11-9/h2-6H,1H3,(H,11,12). The summed E-state index contributed by atoms with van der Waals surface area (Å²) in [6, 6.07) is 9.43. The highest BCUT2D eigenvalue weighted by Gasteiger charge is 1.97. The first-order chi connectivity index (χ1) is 6.79. The van der Waals surface area contributed by atoms with Crippen molar-refractivity contribution in [3.05, 3.63) is 40.7 Å². The molecule has 1 N–H and O–H groups in total. The van der Waals surface area contributed by atoms with Crippen LogP contribution >= 0.6 is 21.6 Å². The zero-order valence-corrected chi connectivity index (χ0v) is 9.24. The van der Waals surface area contributed by atoms with Gasteiger partial charge in [0.15, 0.2) is 0 Å². The Labute approximate surface area is 89.5 Å². The lowest BCUT2D eigenvalue weighted by Crippen LogP contribution is -2.01. The fourth-order valence-electron chi connectivity index (χ4n) is 1.28. The first-order valence-corrected chi connectivity index (χ1v) is 6.69. The maximum atomic E-state index is 11.0. The Bertz CT molecular complexity index is 507. The van der Waals surface area contributed by atoms with Gasteiger partial charge in [0.1, 0.15) is 0 Å². The summed E-state index contributed by atoms with van der Waals surface area (Å²) in [5, 5.41) is 1.07. The molecular formula is C10H9NOS2. The van der Waals surface area contributed by atoms with Crippen molar-refractivity contribution in [1.29, 1.82) is 0 Å². The maximum absolute atomic E-state index is 11.0. The quantitative estimate of drug-likeness (QED) is 0.795. The van der Waals surface area contributed by atoms with Gasteiger partial charge in [-0.1, -0.05) is 21.6 Å². The number of aromatic amines is 1. The molecule has 0 aliphatic rings. The summed E-state index contributed by atoms with van der Waals surface area (Å²) in [4.78, 5) is 15.0. The monoisotopic (exact) mass is 223 g/mol. The number of hydrogen-bond acceptors (Lipinski definition) is 3. The van der Waals surface area contributed by atoms with Gasteiger partial charge in [0.2, 0.25) is 5.56 Å². The number of benzene rings is 1. The number of H-pyrrole nitrogens is 1. The van der Waals surface area contributed by atoms with Crippen LogP contribution in [0.1, 0.15) is 0 Å². The lowest BCUT2D eigenvalue weighted by atomic mass is 10.2. The minimum absolute atomic E-state index is 0.0530. The van der Waals surface area contributed by atoms with Crippen LogP contribution in [0.2, 0.25) is 0 Å². The first kappa shape index (κ1) is 9.68. The molecule has 1 aromatic heterocycles. The predicted octanol–water partition coefficient (Wildman–Crippen LogP) is 2.90. The van der Waals surface area contributed by atoms with E-state index in [1.165, 1.54) is 4.90 Å². The lowest BCUT2D eigenvalue weighted by molar-refractivity contribution is 1.30. The molecule has 0 saturated carbocycles. The van der Waals surface area contributed by atoms with E-state index in [1.54, 1.807) is 27.7 Å². The molecule has 0 amide bonds. The van der Waals surface area contributed by atoms with Gasteiger partial charge in [-0.15, -0.1) is 0 Å². The summed E-state index contributed by atoms with van der Waals surface area (Å²) in [5.74, 6) is 0. The van der Waals surface area contributed by atoms with E-state index in [2.05, 4.69) is 11.1 Å². The molecule has 0 aliphatic carbocycles. The Hall–Kier alpha value is -0.870. The Morgan fingerprint density at radius 2 is 2.07 bits per heavy atom. The third kappa shape index (κ3) is 1.96. The second-order valence-corrected chi connectivity index (χ2v) is 5.29. The molecule has 0 atom stereocenters. The fraction of sp³-hybridized carbons (Fsp3) is 0.100. The molecule has 0 aliphatic heterocycles. The number of pyridine rings is 1. The van der Waals surface area contributed by atoms with Crippen LogP contribution in [-0.2, 0) is 0 Å². The normalized spacial score (nSPS) is 10.6. The highest BCUT2D eigenvalue weighted by Crippen LogP contribution is 2.29. The Balaban J connectivity index is 2.56. The molecule has 0 radical (unpaired) electrons. The van der Waals surface area contributed by atoms with Crippen LogP contribution in [0.4, 0.5) is 0 Å². The van der Waals surface area contributed by atoms with Crippen molar-refractivity contribution in [2.45, 2.75) is 4.90 Å². The molecule has 72 valence electrons. The third-order valence-electron chi connectivity index (χ3n) is 1.87. The molecule has 0 saturated heterocycles. The van der Waals surface area contributed by atoms with Crippen LogP contribution in [0.25, 0.3) is 10.9 Å². The van der Waals surface area contributed by atoms with Crippen LogP contribution in [0.15, 0.2) is 40.0 Å². The van der Waals surface area contributed by atoms with Crippen LogP contribution in [-0.4, -0.2) is 11.2 Å². The van der Waals surface area contributed by atoms with Gasteiger partial charge in [0.25, 0.3) is 0 Å². The molecule has 2 nitrogen and oxygen atoms in total. The Morgan fingerprint density at radius 1 is 1.21 bits per heavy atom. The van der Waals surface area contributed by atoms with Crippen molar-refractivity contribution < 1.29 is 0 Å². The van der Waals surface area contributed by atoms with Crippen molar-refractivity contribution in [1.82, 2.24) is 4.98 Å². The highest BCUT2D eigenvalue weighted by molar-refractivity contribution is 8.76. The van der Waals surface area contributed by atoms with Gasteiger partial charge in [-0.05, 0) is 35.9 Å². The van der Waals surface area contributed by atoms with Gasteiger partial charge in [-0.25, -0.2) is 0 Å². The van der Waals surface area contributed by atoms with E-state index in [0.717, 1.165) is 10.9 Å². The van der Waals surface area contributed by atoms with E-state index < -0.39 is 0 Å². The third-order valence-corrected chi connectivity index (χ3v) is 3.57. The number of rotatable bonds is 2. The second-order valence-electron chi connectivity index (χ2n) is 2.82. The summed E-state index contributed by atoms with van der Waals surface area (Å²) in [7, 11) is 3.43. The lowest BCUT2D eigenvalue weighted by Gasteiger charge is -2.00. The van der Waals surface area contributed by atoms with Gasteiger partial charge in [-0.3, -0.25) is 4.79 Å². The fourth-order valence-corrected chi connectivity index (χ4v) is 2.66. The molecule has 2 aromatic rings. The molecular weight excluding hydrogens is 214 g/mol. The van der Waals surface area contributed by atoms with Crippen molar-refractivity contribution in [2.24, 2.45) is 0 Å². The van der Waals surface area contributed by atoms with E-state index in [0.29, 0.717) is 0 Å². The second kappa shape index (κ2) is 4.11. The van der Waals surface area contributed by atoms with Gasteiger partial charge < -0.3 is 4.98 Å². The summed E-state index contributed by atoms with van der Waals surface area (Å²) in [6.07, 6.45) is 2.04. The number of fused-ring (bicyclic) bond motifs is 1. The number of hydrogen-bond donors (Lipinski definition) is 1. The first-order valence-electron chi connectivity index (χ1n) is 4.13. The van der Waals surface area contributed by atoms with Crippen LogP contribution in [0, 0.1) is 0 Å². The predicted molar refractivity (Wildman–Crippen MR) is 63.9 cm³/mol. The molecule has 1 aromatic carbocycles. The van der Waals surface area contributed by atoms with E-state index in [9.17, 15) is 4.79 Å². The molecule has 2 rings (SSSR count). The van der Waals surface area contributed by atoms with Gasteiger partial charge in [0.05, 0.1) is 0 Å². The van der Waals surface area contributed by atoms with Crippen molar-refractivity contribution in [2.75, 3.05) is 6.26 Å². The minimum Gasteiger partial charge on any atom is -0.322 e. The summed E-state index contributed by atoms with van der Waals surface area (Å²) in [5.41, 5.74) is 0.839. The van der Waals surface area contributed by atoms with Gasteiger partial charge >= 0.3 is 0 Å². The summed E-state index contributed by atoms with van der Waals surface area (Å²) >= 11 is 0. The Kier molecular flexibility index (Phi) is 2.84. The van der Waals surface area contributed by atoms with E-state index in [-0.39, 0.29) is 5.56 Å². The zero-order valence-electron chi connectivity index (χ0n) is 7.61. The van der Waals surface area contributed by atoms with Crippen molar-refractivity contribution >= 4 is 32.5 Å². The van der Waals surface area contributed by atoms with Crippen molar-refractivity contribution in [3.8, 4) is 0 Å². The Morgan fingerprint density at radius 3 is 2.86 bits per heavy atom. The molecule has 1 heterocycles. The highest BCUT2D eigenvalue weighted by atomic mass is 33.1. The summed E-state index contributed by atoms with van der Waals surface area (Å²) in [6.45, 7) is 0. The molecule has 0 spiro atoms. The van der Waals surface area contributed by atoms with E-state index in [1.807, 2.05) is 24.5 Å². The van der Waals surface area contributed by atoms with Crippen LogP contribution in [0.5, 0.6) is 0 Å². The smallest absolute Gasteiger partial charge is 0.248 e. The van der Waals surface area contributed by atoms with Crippen molar-refractivity contribution in [3.63, 3.8) is 0 Å². The molecule has 4 heteroatoms. The number of aromatic nitrogens is 1. The molecule has 14 heavy (non-hydrogen) atoms. The van der Waals surface area contributed by atoms with Crippen LogP contribution < -0.4 is 5.56 Å². The average Bonchev–Trinajstić information content (AvgIpc) is 2.19. The maximum Gasteiger partial charge on any atom is 0.248 e. The topological polar surface area (TPSA) is 32.9 Å². The largest absolute Gasteiger partial charge is 0.322 e. The van der Waals surface area contributed by atoms with E-state index in [4.69, 9.17) is 0 Å². The minimum atomic E-state index is -0.0530. The summed E-state index contributed by atoms with van der Waals surface area (Å²) < 4.78 is 0.